The van der Waals surface area contributed by atoms with Crippen molar-refractivity contribution in [2.24, 2.45) is 0 Å². The summed E-state index contributed by atoms with van der Waals surface area (Å²) < 4.78 is 0.755. The van der Waals surface area contributed by atoms with Crippen LogP contribution >= 0.6 is 22.9 Å². The number of carbonyl (C=O) groups excluding carboxylic acids is 2. The fourth-order valence-corrected chi connectivity index (χ4v) is 3.59. The molecule has 2 heterocycles. The van der Waals surface area contributed by atoms with Crippen LogP contribution in [0.3, 0.4) is 0 Å². The predicted molar refractivity (Wildman–Crippen MR) is 89.1 cm³/mol. The molecule has 0 spiro atoms. The first-order valence-electron chi connectivity index (χ1n) is 7.62. The summed E-state index contributed by atoms with van der Waals surface area (Å²) in [5.41, 5.74) is 0. The molecule has 0 unspecified atom stereocenters. The number of halogens is 1. The van der Waals surface area contributed by atoms with Crippen LogP contribution in [0, 0.1) is 0 Å². The van der Waals surface area contributed by atoms with E-state index in [9.17, 15) is 9.59 Å². The number of rotatable bonds is 6. The van der Waals surface area contributed by atoms with E-state index >= 15 is 0 Å². The van der Waals surface area contributed by atoms with Crippen molar-refractivity contribution in [3.05, 3.63) is 21.3 Å². The fraction of sp³-hybridized carbons (Fsp3) is 0.600. The Morgan fingerprint density at radius 3 is 3.00 bits per heavy atom. The summed E-state index contributed by atoms with van der Waals surface area (Å²) in [6, 6.07) is 3.45. The third kappa shape index (κ3) is 5.26. The molecule has 2 N–H and O–H groups in total. The van der Waals surface area contributed by atoms with Gasteiger partial charge >= 0.3 is 0 Å². The number of thiophene rings is 1. The summed E-state index contributed by atoms with van der Waals surface area (Å²) in [5.74, 6) is -0.175. The standard InChI is InChI=1S/C15H22ClN3O2S/c1-2-19(9-11-6-7-13(16)22-11)10-14(20)18-12-5-3-4-8-17-15(12)21/h6-7,12H,2-5,8-10H2,1H3,(H,17,21)(H,18,20)/t12-/m1/s1. The van der Waals surface area contributed by atoms with Gasteiger partial charge in [0.25, 0.3) is 0 Å². The van der Waals surface area contributed by atoms with E-state index in [1.165, 1.54) is 11.3 Å². The van der Waals surface area contributed by atoms with Gasteiger partial charge in [0.1, 0.15) is 6.04 Å². The molecule has 122 valence electrons. The maximum Gasteiger partial charge on any atom is 0.242 e. The van der Waals surface area contributed by atoms with E-state index in [1.54, 1.807) is 0 Å². The van der Waals surface area contributed by atoms with E-state index in [0.29, 0.717) is 19.5 Å². The van der Waals surface area contributed by atoms with Crippen molar-refractivity contribution in [2.45, 2.75) is 38.8 Å². The number of carbonyl (C=O) groups is 2. The molecule has 22 heavy (non-hydrogen) atoms. The molecule has 0 aromatic carbocycles. The van der Waals surface area contributed by atoms with E-state index in [0.717, 1.165) is 28.6 Å². The number of nitrogens with zero attached hydrogens (tertiary/aromatic N) is 1. The van der Waals surface area contributed by atoms with Crippen LogP contribution in [0.1, 0.15) is 31.1 Å². The Labute approximate surface area is 140 Å². The molecule has 1 aromatic heterocycles. The van der Waals surface area contributed by atoms with E-state index in [2.05, 4.69) is 10.6 Å². The smallest absolute Gasteiger partial charge is 0.242 e. The Morgan fingerprint density at radius 2 is 2.32 bits per heavy atom. The van der Waals surface area contributed by atoms with Crippen molar-refractivity contribution in [1.29, 1.82) is 0 Å². The zero-order valence-corrected chi connectivity index (χ0v) is 14.3. The highest BCUT2D eigenvalue weighted by Gasteiger charge is 2.23. The minimum atomic E-state index is -0.398. The Bertz CT molecular complexity index is 521. The van der Waals surface area contributed by atoms with Gasteiger partial charge < -0.3 is 10.6 Å². The molecule has 5 nitrogen and oxygen atoms in total. The maximum atomic E-state index is 12.2. The van der Waals surface area contributed by atoms with Gasteiger partial charge in [-0.2, -0.15) is 0 Å². The van der Waals surface area contributed by atoms with Crippen LogP contribution in [0.5, 0.6) is 0 Å². The second-order valence-electron chi connectivity index (χ2n) is 5.42. The second-order valence-corrected chi connectivity index (χ2v) is 7.22. The van der Waals surface area contributed by atoms with Crippen LogP contribution in [0.15, 0.2) is 12.1 Å². The molecule has 7 heteroatoms. The minimum Gasteiger partial charge on any atom is -0.354 e. The van der Waals surface area contributed by atoms with E-state index < -0.39 is 6.04 Å². The van der Waals surface area contributed by atoms with Crippen LogP contribution in [-0.2, 0) is 16.1 Å². The molecule has 0 saturated carbocycles. The highest BCUT2D eigenvalue weighted by molar-refractivity contribution is 7.16. The zero-order chi connectivity index (χ0) is 15.9. The maximum absolute atomic E-state index is 12.2. The first-order valence-corrected chi connectivity index (χ1v) is 8.81. The summed E-state index contributed by atoms with van der Waals surface area (Å²) in [6.07, 6.45) is 2.64. The number of amides is 2. The van der Waals surface area contributed by atoms with Gasteiger partial charge in [0.2, 0.25) is 11.8 Å². The number of hydrogen-bond acceptors (Lipinski definition) is 4. The van der Waals surface area contributed by atoms with Crippen LogP contribution in [0.25, 0.3) is 0 Å². The fourth-order valence-electron chi connectivity index (χ4n) is 2.46. The highest BCUT2D eigenvalue weighted by atomic mass is 35.5. The van der Waals surface area contributed by atoms with Gasteiger partial charge in [0.15, 0.2) is 0 Å². The Hall–Kier alpha value is -1.11. The molecule has 0 bridgehead atoms. The van der Waals surface area contributed by atoms with Crippen molar-refractivity contribution < 1.29 is 9.59 Å². The van der Waals surface area contributed by atoms with Crippen molar-refractivity contribution >= 4 is 34.8 Å². The van der Waals surface area contributed by atoms with Crippen LogP contribution in [-0.4, -0.2) is 42.4 Å². The molecule has 1 fully saturated rings. The molecule has 1 aliphatic rings. The van der Waals surface area contributed by atoms with Gasteiger partial charge in [-0.1, -0.05) is 18.5 Å². The summed E-state index contributed by atoms with van der Waals surface area (Å²) in [5, 5.41) is 5.68. The summed E-state index contributed by atoms with van der Waals surface area (Å²) in [7, 11) is 0. The van der Waals surface area contributed by atoms with Gasteiger partial charge in [0.05, 0.1) is 10.9 Å². The molecule has 1 aromatic rings. The largest absolute Gasteiger partial charge is 0.354 e. The summed E-state index contributed by atoms with van der Waals surface area (Å²) >= 11 is 7.45. The number of likely N-dealkylation sites (N-methyl/N-ethyl adjacent to an activating group) is 1. The monoisotopic (exact) mass is 343 g/mol. The Balaban J connectivity index is 1.84. The molecule has 2 amide bonds. The van der Waals surface area contributed by atoms with E-state index in [1.807, 2.05) is 24.0 Å². The van der Waals surface area contributed by atoms with E-state index in [-0.39, 0.29) is 18.4 Å². The van der Waals surface area contributed by atoms with Gasteiger partial charge in [-0.25, -0.2) is 0 Å². The zero-order valence-electron chi connectivity index (χ0n) is 12.7. The first kappa shape index (κ1) is 17.2. The average Bonchev–Trinajstić information content (AvgIpc) is 2.79. The third-order valence-corrected chi connectivity index (χ3v) is 4.91. The quantitative estimate of drug-likeness (QED) is 0.830. The molecule has 0 aliphatic carbocycles. The molecule has 2 rings (SSSR count). The number of hydrogen-bond donors (Lipinski definition) is 2. The lowest BCUT2D eigenvalue weighted by Gasteiger charge is -2.21. The summed E-state index contributed by atoms with van der Waals surface area (Å²) in [6.45, 7) is 4.46. The van der Waals surface area contributed by atoms with Crippen LogP contribution in [0.4, 0.5) is 0 Å². The highest BCUT2D eigenvalue weighted by Crippen LogP contribution is 2.22. The summed E-state index contributed by atoms with van der Waals surface area (Å²) in [4.78, 5) is 27.2. The van der Waals surface area contributed by atoms with Crippen LogP contribution < -0.4 is 10.6 Å². The second kappa shape index (κ2) is 8.50. The van der Waals surface area contributed by atoms with Gasteiger partial charge in [-0.3, -0.25) is 14.5 Å². The number of nitrogens with one attached hydrogen (secondary N) is 2. The third-order valence-electron chi connectivity index (χ3n) is 3.69. The predicted octanol–water partition coefficient (Wildman–Crippen LogP) is 2.01. The molecule has 1 aliphatic heterocycles. The van der Waals surface area contributed by atoms with E-state index in [4.69, 9.17) is 11.6 Å². The molecule has 0 radical (unpaired) electrons. The molecule has 1 saturated heterocycles. The lowest BCUT2D eigenvalue weighted by Crippen LogP contribution is -2.48. The van der Waals surface area contributed by atoms with Crippen molar-refractivity contribution in [1.82, 2.24) is 15.5 Å². The minimum absolute atomic E-state index is 0.0704. The molecular weight excluding hydrogens is 322 g/mol. The van der Waals surface area contributed by atoms with Gasteiger partial charge in [0, 0.05) is 18.0 Å². The Kier molecular flexibility index (Phi) is 6.67. The van der Waals surface area contributed by atoms with Crippen molar-refractivity contribution in [3.63, 3.8) is 0 Å². The lowest BCUT2D eigenvalue weighted by molar-refractivity contribution is -0.129. The van der Waals surface area contributed by atoms with Crippen molar-refractivity contribution in [2.75, 3.05) is 19.6 Å². The normalized spacial score (nSPS) is 18.9. The first-order chi connectivity index (χ1) is 10.6. The SMILES string of the molecule is CCN(CC(=O)N[C@@H]1CCCCNC1=O)Cc1ccc(Cl)s1. The molecule has 1 atom stereocenters. The lowest BCUT2D eigenvalue weighted by atomic mass is 10.1. The van der Waals surface area contributed by atoms with Gasteiger partial charge in [-0.15, -0.1) is 11.3 Å². The van der Waals surface area contributed by atoms with Gasteiger partial charge in [-0.05, 0) is 37.9 Å². The topological polar surface area (TPSA) is 61.4 Å². The van der Waals surface area contributed by atoms with Crippen molar-refractivity contribution in [3.8, 4) is 0 Å². The molecular formula is C15H22ClN3O2S. The van der Waals surface area contributed by atoms with Crippen LogP contribution in [0.2, 0.25) is 4.34 Å². The average molecular weight is 344 g/mol. The Morgan fingerprint density at radius 1 is 1.50 bits per heavy atom.